The van der Waals surface area contributed by atoms with Gasteiger partial charge in [-0.1, -0.05) is 29.3 Å². The number of anilines is 1. The largest absolute Gasteiger partial charge is 0.494 e. The lowest BCUT2D eigenvalue weighted by molar-refractivity contribution is 0.177. The third kappa shape index (κ3) is 5.72. The zero-order valence-electron chi connectivity index (χ0n) is 15.3. The van der Waals surface area contributed by atoms with Crippen molar-refractivity contribution in [1.29, 1.82) is 0 Å². The number of nitrogens with one attached hydrogen (secondary N) is 1. The molecular weight excluding hydrogens is 401 g/mol. The van der Waals surface area contributed by atoms with Crippen LogP contribution in [0.2, 0.25) is 10.0 Å². The summed E-state index contributed by atoms with van der Waals surface area (Å²) in [6.07, 6.45) is 0. The number of nitrogens with zero attached hydrogens (tertiary/aromatic N) is 2. The Bertz CT molecular complexity index is 777. The molecule has 2 aromatic rings. The Hall–Kier alpha value is -1.53. The zero-order valence-corrected chi connectivity index (χ0v) is 17.6. The molecule has 0 spiro atoms. The normalized spacial score (nSPS) is 14.9. The van der Waals surface area contributed by atoms with Crippen LogP contribution in [0.3, 0.4) is 0 Å². The van der Waals surface area contributed by atoms with E-state index < -0.39 is 0 Å². The molecule has 3 rings (SSSR count). The van der Waals surface area contributed by atoms with E-state index in [1.165, 1.54) is 0 Å². The fourth-order valence-electron chi connectivity index (χ4n) is 3.00. The summed E-state index contributed by atoms with van der Waals surface area (Å²) in [5.41, 5.74) is 2.07. The van der Waals surface area contributed by atoms with E-state index in [1.807, 2.05) is 43.3 Å². The van der Waals surface area contributed by atoms with Gasteiger partial charge in [0.25, 0.3) is 0 Å². The second-order valence-electron chi connectivity index (χ2n) is 6.39. The molecule has 1 fully saturated rings. The number of piperazine rings is 1. The maximum Gasteiger partial charge on any atom is 0.173 e. The number of rotatable bonds is 5. The molecule has 0 bridgehead atoms. The number of thiocarbonyl (C=S) groups is 1. The Kier molecular flexibility index (Phi) is 7.19. The van der Waals surface area contributed by atoms with Crippen molar-refractivity contribution in [3.05, 3.63) is 58.1 Å². The first-order valence-electron chi connectivity index (χ1n) is 9.00. The summed E-state index contributed by atoms with van der Waals surface area (Å²) >= 11 is 17.8. The number of ether oxygens (including phenoxy) is 1. The van der Waals surface area contributed by atoms with Crippen molar-refractivity contribution in [2.75, 3.05) is 38.1 Å². The molecule has 0 amide bonds. The molecule has 144 valence electrons. The van der Waals surface area contributed by atoms with Crippen molar-refractivity contribution in [1.82, 2.24) is 9.80 Å². The van der Waals surface area contributed by atoms with Crippen LogP contribution in [-0.2, 0) is 6.54 Å². The molecule has 1 aliphatic heterocycles. The molecule has 2 aromatic carbocycles. The van der Waals surface area contributed by atoms with E-state index in [-0.39, 0.29) is 0 Å². The second-order valence-corrected chi connectivity index (χ2v) is 7.62. The maximum atomic E-state index is 6.29. The number of halogens is 2. The van der Waals surface area contributed by atoms with Crippen LogP contribution in [-0.4, -0.2) is 47.7 Å². The number of hydrogen-bond acceptors (Lipinski definition) is 3. The van der Waals surface area contributed by atoms with Gasteiger partial charge in [-0.05, 0) is 61.1 Å². The molecule has 1 N–H and O–H groups in total. The van der Waals surface area contributed by atoms with E-state index in [9.17, 15) is 0 Å². The number of hydrogen-bond donors (Lipinski definition) is 1. The van der Waals surface area contributed by atoms with Crippen molar-refractivity contribution < 1.29 is 4.74 Å². The summed E-state index contributed by atoms with van der Waals surface area (Å²) in [6, 6.07) is 13.5. The Morgan fingerprint density at radius 3 is 2.41 bits per heavy atom. The second kappa shape index (κ2) is 9.60. The molecule has 1 heterocycles. The third-order valence-electron chi connectivity index (χ3n) is 4.49. The van der Waals surface area contributed by atoms with E-state index in [1.54, 1.807) is 6.07 Å². The van der Waals surface area contributed by atoms with Crippen LogP contribution in [0.5, 0.6) is 5.75 Å². The minimum absolute atomic E-state index is 0.663. The Balaban J connectivity index is 1.48. The van der Waals surface area contributed by atoms with Crippen molar-refractivity contribution in [3.63, 3.8) is 0 Å². The summed E-state index contributed by atoms with van der Waals surface area (Å²) in [4.78, 5) is 4.58. The topological polar surface area (TPSA) is 27.7 Å². The van der Waals surface area contributed by atoms with Crippen LogP contribution in [0.1, 0.15) is 12.5 Å². The van der Waals surface area contributed by atoms with Gasteiger partial charge in [-0.15, -0.1) is 0 Å². The van der Waals surface area contributed by atoms with Gasteiger partial charge < -0.3 is 15.0 Å². The molecule has 0 radical (unpaired) electrons. The zero-order chi connectivity index (χ0) is 19.2. The molecule has 0 aliphatic carbocycles. The van der Waals surface area contributed by atoms with Crippen LogP contribution in [0.25, 0.3) is 0 Å². The van der Waals surface area contributed by atoms with Crippen LogP contribution in [0, 0.1) is 0 Å². The van der Waals surface area contributed by atoms with Gasteiger partial charge in [0, 0.05) is 48.5 Å². The van der Waals surface area contributed by atoms with Crippen molar-refractivity contribution >= 4 is 46.2 Å². The predicted octanol–water partition coefficient (Wildman–Crippen LogP) is 4.91. The first kappa shape index (κ1) is 20.2. The van der Waals surface area contributed by atoms with Gasteiger partial charge in [-0.25, -0.2) is 0 Å². The summed E-state index contributed by atoms with van der Waals surface area (Å²) in [5, 5.41) is 5.45. The van der Waals surface area contributed by atoms with Crippen LogP contribution in [0.4, 0.5) is 5.69 Å². The maximum absolute atomic E-state index is 6.29. The summed E-state index contributed by atoms with van der Waals surface area (Å²) < 4.78 is 5.46. The molecule has 0 saturated carbocycles. The first-order chi connectivity index (χ1) is 13.0. The highest BCUT2D eigenvalue weighted by molar-refractivity contribution is 7.80. The van der Waals surface area contributed by atoms with E-state index in [0.717, 1.165) is 59.9 Å². The van der Waals surface area contributed by atoms with Gasteiger partial charge in [-0.2, -0.15) is 0 Å². The highest BCUT2D eigenvalue weighted by Crippen LogP contribution is 2.23. The lowest BCUT2D eigenvalue weighted by Crippen LogP contribution is -2.49. The first-order valence-corrected chi connectivity index (χ1v) is 10.2. The Labute approximate surface area is 176 Å². The van der Waals surface area contributed by atoms with E-state index in [4.69, 9.17) is 40.2 Å². The molecule has 27 heavy (non-hydrogen) atoms. The van der Waals surface area contributed by atoms with Gasteiger partial charge >= 0.3 is 0 Å². The molecule has 0 atom stereocenters. The lowest BCUT2D eigenvalue weighted by atomic mass is 10.2. The smallest absolute Gasteiger partial charge is 0.173 e. The molecule has 0 unspecified atom stereocenters. The van der Waals surface area contributed by atoms with E-state index in [2.05, 4.69) is 15.1 Å². The Morgan fingerprint density at radius 1 is 1.07 bits per heavy atom. The van der Waals surface area contributed by atoms with Gasteiger partial charge in [0.2, 0.25) is 0 Å². The Morgan fingerprint density at radius 2 is 1.78 bits per heavy atom. The molecule has 0 aromatic heterocycles. The fraction of sp³-hybridized carbons (Fsp3) is 0.350. The SMILES string of the molecule is CCOc1ccc(NC(=S)N2CCN(Cc3ccc(Cl)cc3Cl)CC2)cc1. The number of benzene rings is 2. The predicted molar refractivity (Wildman–Crippen MR) is 117 cm³/mol. The molecule has 4 nitrogen and oxygen atoms in total. The standard InChI is InChI=1S/C20H23Cl2N3OS/c1-2-26-18-7-5-17(6-8-18)23-20(27)25-11-9-24(10-12-25)14-15-3-4-16(21)13-19(15)22/h3-8,13H,2,9-12,14H2,1H3,(H,23,27). The van der Waals surface area contributed by atoms with Gasteiger partial charge in [-0.3, -0.25) is 4.90 Å². The van der Waals surface area contributed by atoms with Crippen LogP contribution >= 0.6 is 35.4 Å². The van der Waals surface area contributed by atoms with E-state index >= 15 is 0 Å². The monoisotopic (exact) mass is 423 g/mol. The highest BCUT2D eigenvalue weighted by Gasteiger charge is 2.19. The average molecular weight is 424 g/mol. The molecular formula is C20H23Cl2N3OS. The summed E-state index contributed by atoms with van der Waals surface area (Å²) in [6.45, 7) is 7.09. The summed E-state index contributed by atoms with van der Waals surface area (Å²) in [7, 11) is 0. The quantitative estimate of drug-likeness (QED) is 0.689. The van der Waals surface area contributed by atoms with Gasteiger partial charge in [0.15, 0.2) is 5.11 Å². The van der Waals surface area contributed by atoms with Crippen molar-refractivity contribution in [2.45, 2.75) is 13.5 Å². The van der Waals surface area contributed by atoms with E-state index in [0.29, 0.717) is 11.6 Å². The lowest BCUT2D eigenvalue weighted by Gasteiger charge is -2.36. The third-order valence-corrected chi connectivity index (χ3v) is 5.43. The molecule has 7 heteroatoms. The van der Waals surface area contributed by atoms with Crippen molar-refractivity contribution in [3.8, 4) is 5.75 Å². The van der Waals surface area contributed by atoms with Crippen LogP contribution in [0.15, 0.2) is 42.5 Å². The van der Waals surface area contributed by atoms with Gasteiger partial charge in [0.1, 0.15) is 5.75 Å². The minimum atomic E-state index is 0.663. The summed E-state index contributed by atoms with van der Waals surface area (Å²) in [5.74, 6) is 0.864. The minimum Gasteiger partial charge on any atom is -0.494 e. The molecule has 1 aliphatic rings. The molecule has 1 saturated heterocycles. The van der Waals surface area contributed by atoms with Crippen molar-refractivity contribution in [2.24, 2.45) is 0 Å². The van der Waals surface area contributed by atoms with Gasteiger partial charge in [0.05, 0.1) is 6.61 Å². The van der Waals surface area contributed by atoms with Crippen LogP contribution < -0.4 is 10.1 Å². The fourth-order valence-corrected chi connectivity index (χ4v) is 3.77. The average Bonchev–Trinajstić information content (AvgIpc) is 2.66. The highest BCUT2D eigenvalue weighted by atomic mass is 35.5.